The first-order valence-corrected chi connectivity index (χ1v) is 14.3. The Morgan fingerprint density at radius 1 is 1.17 bits per heavy atom. The lowest BCUT2D eigenvalue weighted by atomic mass is 10.0. The molecular formula is C25H24F5N5O6S. The summed E-state index contributed by atoms with van der Waals surface area (Å²) < 4.78 is 99.4. The van der Waals surface area contributed by atoms with E-state index >= 15 is 4.39 Å². The molecule has 1 fully saturated rings. The predicted octanol–water partition coefficient (Wildman–Crippen LogP) is 2.64. The van der Waals surface area contributed by atoms with Gasteiger partial charge < -0.3 is 20.1 Å². The number of nitrogens with two attached hydrogens (primary N) is 1. The van der Waals surface area contributed by atoms with E-state index in [0.29, 0.717) is 11.1 Å². The van der Waals surface area contributed by atoms with Crippen LogP contribution in [-0.2, 0) is 26.9 Å². The average Bonchev–Trinajstić information content (AvgIpc) is 3.33. The number of primary amides is 1. The second kappa shape index (κ2) is 11.9. The highest BCUT2D eigenvalue weighted by molar-refractivity contribution is 7.89. The molecule has 0 bridgehead atoms. The van der Waals surface area contributed by atoms with E-state index in [4.69, 9.17) is 10.5 Å². The van der Waals surface area contributed by atoms with E-state index < -0.39 is 64.8 Å². The molecule has 226 valence electrons. The number of rotatable bonds is 9. The summed E-state index contributed by atoms with van der Waals surface area (Å²) >= 11 is 0. The number of hydrogen-bond donors (Lipinski definition) is 1. The number of nitrogens with zero attached hydrogens (tertiary/aromatic N) is 4. The van der Waals surface area contributed by atoms with E-state index in [1.807, 2.05) is 0 Å². The summed E-state index contributed by atoms with van der Waals surface area (Å²) in [7, 11) is -3.35. The molecule has 1 aliphatic heterocycles. The summed E-state index contributed by atoms with van der Waals surface area (Å²) in [6, 6.07) is 3.93. The Morgan fingerprint density at radius 3 is 2.52 bits per heavy atom. The van der Waals surface area contributed by atoms with Gasteiger partial charge in [0, 0.05) is 42.7 Å². The Hall–Kier alpha value is -4.28. The summed E-state index contributed by atoms with van der Waals surface area (Å²) in [4.78, 5) is 30.0. The summed E-state index contributed by atoms with van der Waals surface area (Å²) in [5.41, 5.74) is 6.21. The standard InChI is InChI=1S/C25H24F5N5O6S/c1-42(38,39)13-35-11-16(10-33-35)15-8-17(23(31)37)24(32-9-15)40-20-4-5-34(12-19(20)27)22(36)7-14-2-3-21(18(26)6-14)41-25(28,29)30/h2-3,6,8-11,19-20H,4-5,7,12-13H2,1H3,(H2,31,37)/t19-,20+/m0/s1. The van der Waals surface area contributed by atoms with Gasteiger partial charge in [-0.1, -0.05) is 6.07 Å². The number of piperidine rings is 1. The molecule has 1 aromatic carbocycles. The molecule has 3 aromatic rings. The van der Waals surface area contributed by atoms with Gasteiger partial charge in [-0.3, -0.25) is 14.3 Å². The van der Waals surface area contributed by atoms with Crippen molar-refractivity contribution in [2.75, 3.05) is 19.3 Å². The molecule has 0 radical (unpaired) electrons. The fraction of sp³-hybridized carbons (Fsp3) is 0.360. The molecule has 0 saturated carbocycles. The van der Waals surface area contributed by atoms with E-state index in [0.717, 1.165) is 24.5 Å². The van der Waals surface area contributed by atoms with Gasteiger partial charge in [0.15, 0.2) is 27.6 Å². The van der Waals surface area contributed by atoms with Crippen molar-refractivity contribution in [3.05, 3.63) is 59.8 Å². The van der Waals surface area contributed by atoms with Gasteiger partial charge in [0.05, 0.1) is 19.2 Å². The summed E-state index contributed by atoms with van der Waals surface area (Å²) in [5, 5.41) is 3.96. The van der Waals surface area contributed by atoms with E-state index in [-0.39, 0.29) is 35.8 Å². The van der Waals surface area contributed by atoms with Gasteiger partial charge >= 0.3 is 6.36 Å². The van der Waals surface area contributed by atoms with Crippen molar-refractivity contribution >= 4 is 21.7 Å². The van der Waals surface area contributed by atoms with Crippen molar-refractivity contribution in [2.24, 2.45) is 5.73 Å². The number of sulfone groups is 1. The van der Waals surface area contributed by atoms with Crippen molar-refractivity contribution in [1.29, 1.82) is 0 Å². The first kappa shape index (κ1) is 30.7. The van der Waals surface area contributed by atoms with Crippen LogP contribution in [0.4, 0.5) is 22.0 Å². The number of benzene rings is 1. The number of carbonyl (C=O) groups is 2. The van der Waals surface area contributed by atoms with Gasteiger partial charge in [-0.25, -0.2) is 22.2 Å². The van der Waals surface area contributed by atoms with Crippen LogP contribution in [0.5, 0.6) is 11.6 Å². The minimum atomic E-state index is -5.08. The molecule has 0 unspecified atom stereocenters. The Kier molecular flexibility index (Phi) is 8.70. The quantitative estimate of drug-likeness (QED) is 0.361. The van der Waals surface area contributed by atoms with Crippen molar-refractivity contribution in [2.45, 2.75) is 37.4 Å². The lowest BCUT2D eigenvalue weighted by Gasteiger charge is -2.34. The lowest BCUT2D eigenvalue weighted by Crippen LogP contribution is -2.49. The normalized spacial score (nSPS) is 17.6. The fourth-order valence-corrected chi connectivity index (χ4v) is 4.86. The van der Waals surface area contributed by atoms with Crippen LogP contribution >= 0.6 is 0 Å². The molecule has 1 aliphatic rings. The van der Waals surface area contributed by atoms with Gasteiger partial charge in [-0.2, -0.15) is 5.10 Å². The number of pyridine rings is 1. The van der Waals surface area contributed by atoms with E-state index in [2.05, 4.69) is 14.8 Å². The summed E-state index contributed by atoms with van der Waals surface area (Å²) in [6.45, 7) is -0.365. The molecule has 1 saturated heterocycles. The zero-order chi connectivity index (χ0) is 30.8. The molecule has 2 aromatic heterocycles. The zero-order valence-electron chi connectivity index (χ0n) is 21.8. The van der Waals surface area contributed by atoms with Crippen LogP contribution in [0.3, 0.4) is 0 Å². The number of carbonyl (C=O) groups excluding carboxylic acids is 2. The fourth-order valence-electron chi connectivity index (χ4n) is 4.24. The number of ether oxygens (including phenoxy) is 2. The van der Waals surface area contributed by atoms with Gasteiger partial charge in [-0.15, -0.1) is 13.2 Å². The van der Waals surface area contributed by atoms with Crippen LogP contribution in [0.2, 0.25) is 0 Å². The molecule has 0 aliphatic carbocycles. The minimum Gasteiger partial charge on any atom is -0.471 e. The van der Waals surface area contributed by atoms with Crippen LogP contribution in [0.1, 0.15) is 22.3 Å². The number of amides is 2. The summed E-state index contributed by atoms with van der Waals surface area (Å²) in [6.07, 6.45) is -3.11. The highest BCUT2D eigenvalue weighted by Gasteiger charge is 2.35. The molecule has 17 heteroatoms. The molecule has 4 rings (SSSR count). The van der Waals surface area contributed by atoms with E-state index in [9.17, 15) is 35.6 Å². The SMILES string of the molecule is CS(=O)(=O)Cn1cc(-c2cnc(O[C@@H]3CCN(C(=O)Cc4ccc(OC(F)(F)F)c(F)c4)C[C@@H]3F)c(C(N)=O)c2)cn1. The number of aromatic nitrogens is 3. The van der Waals surface area contributed by atoms with Gasteiger partial charge in [0.2, 0.25) is 11.8 Å². The third-order valence-electron chi connectivity index (χ3n) is 6.12. The topological polar surface area (TPSA) is 147 Å². The second-order valence-corrected chi connectivity index (χ2v) is 11.7. The van der Waals surface area contributed by atoms with E-state index in [1.165, 1.54) is 34.2 Å². The van der Waals surface area contributed by atoms with Crippen molar-refractivity contribution in [3.8, 4) is 22.8 Å². The van der Waals surface area contributed by atoms with E-state index in [1.54, 1.807) is 0 Å². The zero-order valence-corrected chi connectivity index (χ0v) is 22.7. The average molecular weight is 618 g/mol. The summed E-state index contributed by atoms with van der Waals surface area (Å²) in [5.74, 6) is -4.44. The molecular weight excluding hydrogens is 593 g/mol. The Morgan fingerprint density at radius 2 is 1.90 bits per heavy atom. The Labute approximate surface area is 235 Å². The predicted molar refractivity (Wildman–Crippen MR) is 136 cm³/mol. The maximum atomic E-state index is 15.1. The molecule has 2 N–H and O–H groups in total. The maximum Gasteiger partial charge on any atom is 0.573 e. The molecule has 3 heterocycles. The van der Waals surface area contributed by atoms with Crippen LogP contribution in [0.25, 0.3) is 11.1 Å². The number of likely N-dealkylation sites (tertiary alicyclic amines) is 1. The van der Waals surface area contributed by atoms with Crippen LogP contribution in [0.15, 0.2) is 42.9 Å². The molecule has 11 nitrogen and oxygen atoms in total. The molecule has 2 amide bonds. The van der Waals surface area contributed by atoms with Gasteiger partial charge in [-0.05, 0) is 23.8 Å². The molecule has 2 atom stereocenters. The highest BCUT2D eigenvalue weighted by atomic mass is 32.2. The third-order valence-corrected chi connectivity index (χ3v) is 6.86. The van der Waals surface area contributed by atoms with Crippen molar-refractivity contribution in [3.63, 3.8) is 0 Å². The monoisotopic (exact) mass is 617 g/mol. The molecule has 42 heavy (non-hydrogen) atoms. The van der Waals surface area contributed by atoms with Gasteiger partial charge in [0.25, 0.3) is 5.91 Å². The lowest BCUT2D eigenvalue weighted by molar-refractivity contribution is -0.275. The van der Waals surface area contributed by atoms with Crippen molar-refractivity contribution in [1.82, 2.24) is 19.7 Å². The number of alkyl halides is 4. The maximum absolute atomic E-state index is 15.1. The third kappa shape index (κ3) is 7.92. The Bertz CT molecular complexity index is 1600. The largest absolute Gasteiger partial charge is 0.573 e. The minimum absolute atomic E-state index is 0.000472. The Balaban J connectivity index is 1.39. The highest BCUT2D eigenvalue weighted by Crippen LogP contribution is 2.29. The van der Waals surface area contributed by atoms with Crippen LogP contribution in [0, 0.1) is 5.82 Å². The number of halogens is 5. The second-order valence-electron chi connectivity index (χ2n) is 9.55. The van der Waals surface area contributed by atoms with Crippen molar-refractivity contribution < 1.29 is 49.4 Å². The smallest absolute Gasteiger partial charge is 0.471 e. The van der Waals surface area contributed by atoms with Gasteiger partial charge in [0.1, 0.15) is 17.5 Å². The van der Waals surface area contributed by atoms with Crippen LogP contribution < -0.4 is 15.2 Å². The first-order valence-electron chi connectivity index (χ1n) is 12.2. The first-order chi connectivity index (χ1) is 19.6. The molecule has 0 spiro atoms. The number of hydrogen-bond acceptors (Lipinski definition) is 8. The van der Waals surface area contributed by atoms with Crippen LogP contribution in [-0.4, -0.2) is 77.9 Å².